The molecule has 1 aliphatic heterocycles. The van der Waals surface area contributed by atoms with Gasteiger partial charge in [0.2, 0.25) is 5.91 Å². The smallest absolute Gasteiger partial charge is 0.228 e. The third-order valence-electron chi connectivity index (χ3n) is 4.57. The van der Waals surface area contributed by atoms with Crippen molar-refractivity contribution in [3.63, 3.8) is 0 Å². The van der Waals surface area contributed by atoms with Crippen LogP contribution in [0.15, 0.2) is 12.1 Å². The van der Waals surface area contributed by atoms with Gasteiger partial charge in [-0.2, -0.15) is 0 Å². The Morgan fingerprint density at radius 3 is 2.62 bits per heavy atom. The van der Waals surface area contributed by atoms with Crippen molar-refractivity contribution in [1.82, 2.24) is 0 Å². The number of ketones is 1. The molecule has 1 aliphatic carbocycles. The second-order valence-corrected chi connectivity index (χ2v) is 6.61. The maximum Gasteiger partial charge on any atom is 0.228 e. The van der Waals surface area contributed by atoms with Crippen LogP contribution in [0.2, 0.25) is 5.02 Å². The van der Waals surface area contributed by atoms with Crippen molar-refractivity contribution >= 4 is 29.0 Å². The summed E-state index contributed by atoms with van der Waals surface area (Å²) in [4.78, 5) is 23.9. The van der Waals surface area contributed by atoms with Crippen LogP contribution in [0.3, 0.4) is 0 Å². The molecule has 1 N–H and O–H groups in total. The highest BCUT2D eigenvalue weighted by Crippen LogP contribution is 2.32. The first-order valence-electron chi connectivity index (χ1n) is 7.79. The topological polar surface area (TPSA) is 46.2 Å². The van der Waals surface area contributed by atoms with Crippen LogP contribution in [-0.4, -0.2) is 11.7 Å². The van der Waals surface area contributed by atoms with Crippen molar-refractivity contribution in [2.75, 3.05) is 5.32 Å². The molecule has 0 aromatic heterocycles. The van der Waals surface area contributed by atoms with Crippen molar-refractivity contribution in [2.24, 2.45) is 5.92 Å². The number of Topliss-reactive ketones (excluding diaryl/α,β-unsaturated/α-hetero) is 1. The van der Waals surface area contributed by atoms with E-state index in [2.05, 4.69) is 5.32 Å². The molecule has 3 rings (SSSR count). The molecule has 0 radical (unpaired) electrons. The first kappa shape index (κ1) is 14.6. The number of carbonyl (C=O) groups is 2. The van der Waals surface area contributed by atoms with E-state index in [0.717, 1.165) is 24.1 Å². The maximum absolute atomic E-state index is 12.5. The van der Waals surface area contributed by atoms with Gasteiger partial charge in [0.25, 0.3) is 0 Å². The fraction of sp³-hybridized carbons (Fsp3) is 0.529. The highest BCUT2D eigenvalue weighted by atomic mass is 35.5. The molecule has 3 nitrogen and oxygen atoms in total. The van der Waals surface area contributed by atoms with Crippen LogP contribution < -0.4 is 5.32 Å². The van der Waals surface area contributed by atoms with Crippen LogP contribution in [0, 0.1) is 5.92 Å². The number of carbonyl (C=O) groups excluding carboxylic acids is 2. The maximum atomic E-state index is 12.5. The molecule has 0 bridgehead atoms. The Balaban J connectivity index is 1.75. The van der Waals surface area contributed by atoms with Gasteiger partial charge in [-0.05, 0) is 23.6 Å². The largest absolute Gasteiger partial charge is 0.325 e. The molecule has 21 heavy (non-hydrogen) atoms. The van der Waals surface area contributed by atoms with Gasteiger partial charge >= 0.3 is 0 Å². The third kappa shape index (κ3) is 3.29. The van der Waals surface area contributed by atoms with Crippen molar-refractivity contribution in [3.8, 4) is 0 Å². The minimum Gasteiger partial charge on any atom is -0.325 e. The third-order valence-corrected chi connectivity index (χ3v) is 4.88. The molecule has 1 fully saturated rings. The molecule has 0 spiro atoms. The lowest BCUT2D eigenvalue weighted by Gasteiger charge is -2.14. The standard InChI is InChI=1S/C17H20ClNO2/c18-14-10-15-12(9-17(21)19-15)8-13(14)16(20)7-11-5-3-1-2-4-6-11/h8,10-11H,1-7,9H2,(H,19,21). The van der Waals surface area contributed by atoms with E-state index in [-0.39, 0.29) is 11.7 Å². The highest BCUT2D eigenvalue weighted by Gasteiger charge is 2.23. The normalized spacial score (nSPS) is 19.0. The Labute approximate surface area is 130 Å². The van der Waals surface area contributed by atoms with E-state index in [1.165, 1.54) is 25.7 Å². The number of anilines is 1. The van der Waals surface area contributed by atoms with Crippen molar-refractivity contribution < 1.29 is 9.59 Å². The van der Waals surface area contributed by atoms with Crippen LogP contribution in [0.5, 0.6) is 0 Å². The number of hydrogen-bond acceptors (Lipinski definition) is 2. The Morgan fingerprint density at radius 1 is 1.19 bits per heavy atom. The van der Waals surface area contributed by atoms with E-state index in [1.807, 2.05) is 0 Å². The van der Waals surface area contributed by atoms with Crippen molar-refractivity contribution in [2.45, 2.75) is 51.4 Å². The number of amides is 1. The summed E-state index contributed by atoms with van der Waals surface area (Å²) in [5, 5.41) is 3.21. The molecular weight excluding hydrogens is 286 g/mol. The molecule has 112 valence electrons. The predicted octanol–water partition coefficient (Wildman–Crippen LogP) is 4.38. The number of hydrogen-bond donors (Lipinski definition) is 1. The molecule has 0 atom stereocenters. The Bertz CT molecular complexity index is 574. The van der Waals surface area contributed by atoms with Crippen LogP contribution in [0.4, 0.5) is 5.69 Å². The molecule has 4 heteroatoms. The lowest BCUT2D eigenvalue weighted by Crippen LogP contribution is -2.09. The molecule has 1 aromatic rings. The zero-order valence-electron chi connectivity index (χ0n) is 12.1. The van der Waals surface area contributed by atoms with E-state index < -0.39 is 0 Å². The van der Waals surface area contributed by atoms with Gasteiger partial charge in [-0.1, -0.05) is 50.1 Å². The first-order valence-corrected chi connectivity index (χ1v) is 8.17. The highest BCUT2D eigenvalue weighted by molar-refractivity contribution is 6.34. The average molecular weight is 306 g/mol. The second kappa shape index (κ2) is 6.18. The molecule has 1 heterocycles. The zero-order valence-corrected chi connectivity index (χ0v) is 12.8. The summed E-state index contributed by atoms with van der Waals surface area (Å²) in [7, 11) is 0. The lowest BCUT2D eigenvalue weighted by atomic mass is 9.91. The average Bonchev–Trinajstić information content (AvgIpc) is 2.63. The van der Waals surface area contributed by atoms with Gasteiger partial charge in [0.05, 0.1) is 11.4 Å². The van der Waals surface area contributed by atoms with E-state index in [0.29, 0.717) is 29.3 Å². The summed E-state index contributed by atoms with van der Waals surface area (Å²) in [5.41, 5.74) is 2.21. The first-order chi connectivity index (χ1) is 10.1. The van der Waals surface area contributed by atoms with E-state index in [1.54, 1.807) is 12.1 Å². The summed E-state index contributed by atoms with van der Waals surface area (Å²) in [6.07, 6.45) is 8.26. The van der Waals surface area contributed by atoms with Crippen molar-refractivity contribution in [1.29, 1.82) is 0 Å². The summed E-state index contributed by atoms with van der Waals surface area (Å²) in [6, 6.07) is 3.51. The molecule has 1 saturated carbocycles. The molecule has 1 aromatic carbocycles. The van der Waals surface area contributed by atoms with Gasteiger partial charge in [-0.25, -0.2) is 0 Å². The summed E-state index contributed by atoms with van der Waals surface area (Å²) < 4.78 is 0. The zero-order chi connectivity index (χ0) is 14.8. The summed E-state index contributed by atoms with van der Waals surface area (Å²) in [6.45, 7) is 0. The molecule has 0 unspecified atom stereocenters. The van der Waals surface area contributed by atoms with Crippen LogP contribution in [0.1, 0.15) is 60.9 Å². The Kier molecular flexibility index (Phi) is 4.29. The summed E-state index contributed by atoms with van der Waals surface area (Å²) in [5.74, 6) is 0.576. The van der Waals surface area contributed by atoms with Crippen LogP contribution in [-0.2, 0) is 11.2 Å². The fourth-order valence-corrected chi connectivity index (χ4v) is 3.67. The Hall–Kier alpha value is -1.35. The molecule has 0 saturated heterocycles. The van der Waals surface area contributed by atoms with Crippen LogP contribution in [0.25, 0.3) is 0 Å². The minimum absolute atomic E-state index is 0.0329. The monoisotopic (exact) mass is 305 g/mol. The fourth-order valence-electron chi connectivity index (χ4n) is 3.40. The minimum atomic E-state index is -0.0329. The van der Waals surface area contributed by atoms with E-state index in [4.69, 9.17) is 11.6 Å². The molecule has 2 aliphatic rings. The number of benzene rings is 1. The van der Waals surface area contributed by atoms with Gasteiger partial charge in [0.15, 0.2) is 5.78 Å². The van der Waals surface area contributed by atoms with Gasteiger partial charge in [-0.3, -0.25) is 9.59 Å². The van der Waals surface area contributed by atoms with Gasteiger partial charge < -0.3 is 5.32 Å². The number of fused-ring (bicyclic) bond motifs is 1. The van der Waals surface area contributed by atoms with Crippen molar-refractivity contribution in [3.05, 3.63) is 28.3 Å². The molecule has 1 amide bonds. The second-order valence-electron chi connectivity index (χ2n) is 6.20. The predicted molar refractivity (Wildman–Crippen MR) is 83.9 cm³/mol. The van der Waals surface area contributed by atoms with E-state index >= 15 is 0 Å². The van der Waals surface area contributed by atoms with Gasteiger partial charge in [-0.15, -0.1) is 0 Å². The number of rotatable bonds is 3. The quantitative estimate of drug-likeness (QED) is 0.665. The molecular formula is C17H20ClNO2. The number of halogens is 1. The lowest BCUT2D eigenvalue weighted by molar-refractivity contribution is -0.115. The Morgan fingerprint density at radius 2 is 1.90 bits per heavy atom. The van der Waals surface area contributed by atoms with Crippen LogP contribution >= 0.6 is 11.6 Å². The number of nitrogens with one attached hydrogen (secondary N) is 1. The van der Waals surface area contributed by atoms with Gasteiger partial charge in [0, 0.05) is 17.7 Å². The van der Waals surface area contributed by atoms with E-state index in [9.17, 15) is 9.59 Å². The SMILES string of the molecule is O=C1Cc2cc(C(=O)CC3CCCCCC3)c(Cl)cc2N1. The summed E-state index contributed by atoms with van der Waals surface area (Å²) >= 11 is 6.23. The van der Waals surface area contributed by atoms with Gasteiger partial charge in [0.1, 0.15) is 0 Å².